The molecule has 3 aromatic rings. The molecule has 1 unspecified atom stereocenters. The fourth-order valence-electron chi connectivity index (χ4n) is 3.76. The smallest absolute Gasteiger partial charge is 0.295 e. The van der Waals surface area contributed by atoms with Crippen LogP contribution in [0.5, 0.6) is 5.75 Å². The van der Waals surface area contributed by atoms with Crippen LogP contribution in [0.15, 0.2) is 65.6 Å². The van der Waals surface area contributed by atoms with Gasteiger partial charge in [-0.3, -0.25) is 14.3 Å². The molecule has 1 aliphatic rings. The topological polar surface area (TPSA) is 47.4 Å². The zero-order valence-electron chi connectivity index (χ0n) is 16.3. The van der Waals surface area contributed by atoms with Crippen LogP contribution in [0.25, 0.3) is 0 Å². The molecule has 0 spiro atoms. The van der Waals surface area contributed by atoms with E-state index in [1.165, 1.54) is 11.1 Å². The quantitative estimate of drug-likeness (QED) is 0.655. The second-order valence-corrected chi connectivity index (χ2v) is 7.15. The molecule has 0 saturated carbocycles. The highest BCUT2D eigenvalue weighted by Gasteiger charge is 2.27. The van der Waals surface area contributed by atoms with E-state index < -0.39 is 0 Å². The third kappa shape index (κ3) is 3.58. The summed E-state index contributed by atoms with van der Waals surface area (Å²) in [5, 5.41) is 0. The molecule has 28 heavy (non-hydrogen) atoms. The van der Waals surface area contributed by atoms with Crippen LogP contribution in [-0.4, -0.2) is 14.5 Å². The van der Waals surface area contributed by atoms with Gasteiger partial charge in [0.15, 0.2) is 0 Å². The Bertz CT molecular complexity index is 989. The molecule has 1 atom stereocenters. The van der Waals surface area contributed by atoms with Crippen molar-refractivity contribution < 1.29 is 4.74 Å². The summed E-state index contributed by atoms with van der Waals surface area (Å²) in [6.07, 6.45) is 1.58. The fourth-order valence-corrected chi connectivity index (χ4v) is 3.76. The van der Waals surface area contributed by atoms with E-state index in [1.54, 1.807) is 10.8 Å². The Morgan fingerprint density at radius 2 is 1.68 bits per heavy atom. The summed E-state index contributed by atoms with van der Waals surface area (Å²) < 4.78 is 7.50. The van der Waals surface area contributed by atoms with Gasteiger partial charge >= 0.3 is 0 Å². The van der Waals surface area contributed by atoms with Crippen LogP contribution in [0.1, 0.15) is 42.4 Å². The van der Waals surface area contributed by atoms with Crippen molar-refractivity contribution in [3.05, 3.63) is 93.7 Å². The number of aromatic nitrogens is 2. The average molecular weight is 375 g/mol. The van der Waals surface area contributed by atoms with E-state index in [4.69, 9.17) is 4.74 Å². The summed E-state index contributed by atoms with van der Waals surface area (Å²) >= 11 is 0. The highest BCUT2D eigenvalue weighted by atomic mass is 16.5. The molecule has 1 aromatic heterocycles. The van der Waals surface area contributed by atoms with E-state index in [9.17, 15) is 4.79 Å². The lowest BCUT2D eigenvalue weighted by Gasteiger charge is -2.25. The first-order valence-corrected chi connectivity index (χ1v) is 9.74. The molecule has 2 aromatic carbocycles. The van der Waals surface area contributed by atoms with Crippen LogP contribution < -0.4 is 10.3 Å². The molecule has 144 valence electrons. The van der Waals surface area contributed by atoms with Crippen molar-refractivity contribution in [1.82, 2.24) is 14.5 Å². The predicted octanol–water partition coefficient (Wildman–Crippen LogP) is 3.92. The van der Waals surface area contributed by atoms with Gasteiger partial charge in [0.1, 0.15) is 12.4 Å². The first-order valence-electron chi connectivity index (χ1n) is 9.74. The van der Waals surface area contributed by atoms with Gasteiger partial charge in [-0.2, -0.15) is 0 Å². The molecule has 0 aliphatic carbocycles. The predicted molar refractivity (Wildman–Crippen MR) is 109 cm³/mol. The molecule has 0 saturated heterocycles. The lowest BCUT2D eigenvalue weighted by molar-refractivity contribution is 0.199. The third-order valence-corrected chi connectivity index (χ3v) is 5.39. The van der Waals surface area contributed by atoms with Crippen LogP contribution in [-0.2, 0) is 26.2 Å². The molecule has 0 fully saturated rings. The summed E-state index contributed by atoms with van der Waals surface area (Å²) in [6.45, 7) is 6.77. The number of ether oxygens (including phenoxy) is 1. The van der Waals surface area contributed by atoms with Gasteiger partial charge in [-0.05, 0) is 30.5 Å². The molecule has 5 nitrogen and oxygen atoms in total. The number of nitrogens with zero attached hydrogens (tertiary/aromatic N) is 3. The molecule has 0 amide bonds. The Balaban J connectivity index is 1.55. The summed E-state index contributed by atoms with van der Waals surface area (Å²) in [7, 11) is 0. The first kappa shape index (κ1) is 18.4. The zero-order chi connectivity index (χ0) is 19.5. The van der Waals surface area contributed by atoms with Crippen molar-refractivity contribution in [2.24, 2.45) is 0 Å². The first-order chi connectivity index (χ1) is 13.7. The minimum absolute atomic E-state index is 0.0447. The van der Waals surface area contributed by atoms with Crippen molar-refractivity contribution in [3.63, 3.8) is 0 Å². The van der Waals surface area contributed by atoms with Crippen LogP contribution in [0.3, 0.4) is 0 Å². The molecule has 0 bridgehead atoms. The van der Waals surface area contributed by atoms with Gasteiger partial charge in [0, 0.05) is 19.6 Å². The summed E-state index contributed by atoms with van der Waals surface area (Å²) in [5.74, 6) is 1.08. The van der Waals surface area contributed by atoms with E-state index in [-0.39, 0.29) is 11.6 Å². The van der Waals surface area contributed by atoms with Crippen LogP contribution in [0.2, 0.25) is 0 Å². The van der Waals surface area contributed by atoms with Crippen molar-refractivity contribution in [3.8, 4) is 5.75 Å². The number of fused-ring (bicyclic) bond motifs is 1. The Kier molecular flexibility index (Phi) is 5.26. The largest absolute Gasteiger partial charge is 0.482 e. The Morgan fingerprint density at radius 1 is 1.04 bits per heavy atom. The second-order valence-electron chi connectivity index (χ2n) is 7.15. The van der Waals surface area contributed by atoms with Crippen LogP contribution in [0.4, 0.5) is 0 Å². The molecule has 2 heterocycles. The summed E-state index contributed by atoms with van der Waals surface area (Å²) in [4.78, 5) is 19.9. The maximum atomic E-state index is 13.0. The molecule has 5 heteroatoms. The van der Waals surface area contributed by atoms with Crippen molar-refractivity contribution in [2.45, 2.75) is 46.1 Å². The maximum absolute atomic E-state index is 13.0. The Hall–Kier alpha value is -2.92. The number of benzene rings is 2. The van der Waals surface area contributed by atoms with E-state index >= 15 is 0 Å². The molecule has 0 N–H and O–H groups in total. The minimum Gasteiger partial charge on any atom is -0.482 e. The van der Waals surface area contributed by atoms with Gasteiger partial charge in [-0.15, -0.1) is 0 Å². The van der Waals surface area contributed by atoms with Gasteiger partial charge in [0.25, 0.3) is 5.56 Å². The van der Waals surface area contributed by atoms with Gasteiger partial charge in [-0.25, -0.2) is 4.98 Å². The fraction of sp³-hybridized carbons (Fsp3) is 0.304. The van der Waals surface area contributed by atoms with E-state index in [1.807, 2.05) is 37.3 Å². The summed E-state index contributed by atoms with van der Waals surface area (Å²) in [5.41, 5.74) is 3.61. The standard InChI is InChI=1S/C23H25N3O2/c1-3-26-22(17(2)25-14-19-11-7-8-12-20(19)15-25)24-13-21(23(26)27)28-16-18-9-5-4-6-10-18/h4-13,17H,3,14-16H2,1-2H3. The monoisotopic (exact) mass is 375 g/mol. The number of hydrogen-bond acceptors (Lipinski definition) is 4. The third-order valence-electron chi connectivity index (χ3n) is 5.39. The van der Waals surface area contributed by atoms with E-state index in [0.29, 0.717) is 18.9 Å². The van der Waals surface area contributed by atoms with Crippen LogP contribution >= 0.6 is 0 Å². The summed E-state index contributed by atoms with van der Waals surface area (Å²) in [6, 6.07) is 18.4. The van der Waals surface area contributed by atoms with Crippen molar-refractivity contribution in [1.29, 1.82) is 0 Å². The highest BCUT2D eigenvalue weighted by molar-refractivity contribution is 5.31. The van der Waals surface area contributed by atoms with Crippen molar-refractivity contribution >= 4 is 0 Å². The minimum atomic E-state index is -0.119. The van der Waals surface area contributed by atoms with Crippen molar-refractivity contribution in [2.75, 3.05) is 0 Å². The van der Waals surface area contributed by atoms with Gasteiger partial charge in [-0.1, -0.05) is 54.6 Å². The number of rotatable bonds is 6. The number of hydrogen-bond donors (Lipinski definition) is 0. The van der Waals surface area contributed by atoms with E-state index in [0.717, 1.165) is 24.5 Å². The second kappa shape index (κ2) is 7.98. The molecule has 0 radical (unpaired) electrons. The lowest BCUT2D eigenvalue weighted by Crippen LogP contribution is -2.31. The molecule has 1 aliphatic heterocycles. The van der Waals surface area contributed by atoms with E-state index in [2.05, 4.69) is 41.1 Å². The van der Waals surface area contributed by atoms with Gasteiger partial charge in [0.05, 0.1) is 12.2 Å². The Labute approximate surface area is 165 Å². The highest BCUT2D eigenvalue weighted by Crippen LogP contribution is 2.30. The molecular formula is C23H25N3O2. The molecular weight excluding hydrogens is 350 g/mol. The normalized spacial score (nSPS) is 14.6. The SMILES string of the molecule is CCn1c(C(C)N2Cc3ccccc3C2)ncc(OCc2ccccc2)c1=O. The van der Waals surface area contributed by atoms with Gasteiger partial charge in [0.2, 0.25) is 5.75 Å². The Morgan fingerprint density at radius 3 is 2.32 bits per heavy atom. The average Bonchev–Trinajstić information content (AvgIpc) is 3.17. The maximum Gasteiger partial charge on any atom is 0.295 e. The van der Waals surface area contributed by atoms with Crippen LogP contribution in [0, 0.1) is 0 Å². The zero-order valence-corrected chi connectivity index (χ0v) is 16.3. The lowest BCUT2D eigenvalue weighted by atomic mass is 10.1. The molecule has 4 rings (SSSR count). The van der Waals surface area contributed by atoms with Gasteiger partial charge < -0.3 is 4.74 Å².